The van der Waals surface area contributed by atoms with Gasteiger partial charge in [-0.15, -0.1) is 0 Å². The molecule has 3 heteroatoms. The van der Waals surface area contributed by atoms with Gasteiger partial charge in [0.15, 0.2) is 0 Å². The Hall–Kier alpha value is -0.210. The average molecular weight is 359 g/mol. The third-order valence-electron chi connectivity index (χ3n) is 5.03. The van der Waals surface area contributed by atoms with E-state index in [9.17, 15) is 0 Å². The molecule has 0 unspecified atom stereocenters. The van der Waals surface area contributed by atoms with E-state index in [1.54, 1.807) is 0 Å². The molecule has 1 aromatic carbocycles. The SMILES string of the molecule is CCC(C)(C)C1CCC(Nc2ccc(Br)c(Cl)c2)CC1. The van der Waals surface area contributed by atoms with Gasteiger partial charge in [-0.05, 0) is 71.1 Å². The van der Waals surface area contributed by atoms with Crippen LogP contribution in [0.2, 0.25) is 5.02 Å². The Balaban J connectivity index is 1.90. The average Bonchev–Trinajstić information content (AvgIpc) is 2.43. The lowest BCUT2D eigenvalue weighted by molar-refractivity contribution is 0.147. The Bertz CT molecular complexity index is 450. The van der Waals surface area contributed by atoms with Crippen molar-refractivity contribution in [3.05, 3.63) is 27.7 Å². The summed E-state index contributed by atoms with van der Waals surface area (Å²) < 4.78 is 0.957. The van der Waals surface area contributed by atoms with E-state index in [0.717, 1.165) is 21.1 Å². The molecule has 20 heavy (non-hydrogen) atoms. The quantitative estimate of drug-likeness (QED) is 0.647. The summed E-state index contributed by atoms with van der Waals surface area (Å²) >= 11 is 9.58. The normalized spacial score (nSPS) is 23.6. The van der Waals surface area contributed by atoms with Crippen molar-refractivity contribution in [2.45, 2.75) is 58.9 Å². The zero-order valence-corrected chi connectivity index (χ0v) is 15.0. The smallest absolute Gasteiger partial charge is 0.0568 e. The standard InChI is InChI=1S/C17H25BrClN/c1-4-17(2,3)12-5-7-13(8-6-12)20-14-9-10-15(18)16(19)11-14/h9-13,20H,4-8H2,1-3H3. The molecule has 1 N–H and O–H groups in total. The minimum atomic E-state index is 0.492. The molecule has 0 spiro atoms. The van der Waals surface area contributed by atoms with Crippen LogP contribution in [-0.2, 0) is 0 Å². The van der Waals surface area contributed by atoms with Gasteiger partial charge in [-0.3, -0.25) is 0 Å². The van der Waals surface area contributed by atoms with Crippen LogP contribution >= 0.6 is 27.5 Å². The van der Waals surface area contributed by atoms with E-state index in [4.69, 9.17) is 11.6 Å². The molecule has 2 rings (SSSR count). The van der Waals surface area contributed by atoms with Gasteiger partial charge in [0.1, 0.15) is 0 Å². The van der Waals surface area contributed by atoms with E-state index in [1.165, 1.54) is 32.1 Å². The van der Waals surface area contributed by atoms with E-state index in [1.807, 2.05) is 12.1 Å². The molecular formula is C17H25BrClN. The van der Waals surface area contributed by atoms with E-state index in [2.05, 4.69) is 48.1 Å². The van der Waals surface area contributed by atoms with Crippen molar-refractivity contribution < 1.29 is 0 Å². The van der Waals surface area contributed by atoms with E-state index >= 15 is 0 Å². The summed E-state index contributed by atoms with van der Waals surface area (Å²) in [7, 11) is 0. The lowest BCUT2D eigenvalue weighted by Gasteiger charge is -2.39. The summed E-state index contributed by atoms with van der Waals surface area (Å²) in [5, 5.41) is 4.41. The molecule has 0 aromatic heterocycles. The summed E-state index contributed by atoms with van der Waals surface area (Å²) in [6, 6.07) is 6.71. The fraction of sp³-hybridized carbons (Fsp3) is 0.647. The summed E-state index contributed by atoms with van der Waals surface area (Å²) in [4.78, 5) is 0. The molecule has 0 aliphatic heterocycles. The molecule has 0 bridgehead atoms. The number of halogens is 2. The zero-order chi connectivity index (χ0) is 14.8. The van der Waals surface area contributed by atoms with Gasteiger partial charge in [-0.1, -0.05) is 38.8 Å². The van der Waals surface area contributed by atoms with Crippen LogP contribution in [0.25, 0.3) is 0 Å². The van der Waals surface area contributed by atoms with Crippen molar-refractivity contribution in [2.24, 2.45) is 11.3 Å². The predicted molar refractivity (Wildman–Crippen MR) is 92.6 cm³/mol. The monoisotopic (exact) mass is 357 g/mol. The summed E-state index contributed by atoms with van der Waals surface area (Å²) in [5.74, 6) is 0.874. The molecule has 1 aliphatic rings. The molecule has 0 radical (unpaired) electrons. The minimum absolute atomic E-state index is 0.492. The van der Waals surface area contributed by atoms with Crippen molar-refractivity contribution in [1.82, 2.24) is 0 Å². The minimum Gasteiger partial charge on any atom is -0.382 e. The second kappa shape index (κ2) is 6.70. The third-order valence-corrected chi connectivity index (χ3v) is 6.27. The zero-order valence-electron chi connectivity index (χ0n) is 12.7. The van der Waals surface area contributed by atoms with Gasteiger partial charge in [0.2, 0.25) is 0 Å². The Labute approximate surface area is 136 Å². The highest BCUT2D eigenvalue weighted by atomic mass is 79.9. The fourth-order valence-corrected chi connectivity index (χ4v) is 3.56. The maximum atomic E-state index is 6.15. The number of benzene rings is 1. The third kappa shape index (κ3) is 3.92. The van der Waals surface area contributed by atoms with Crippen LogP contribution < -0.4 is 5.32 Å². The first-order chi connectivity index (χ1) is 9.42. The van der Waals surface area contributed by atoms with Crippen LogP contribution in [0, 0.1) is 11.3 Å². The predicted octanol–water partition coefficient (Wildman–Crippen LogP) is 6.51. The van der Waals surface area contributed by atoms with Crippen LogP contribution in [0.15, 0.2) is 22.7 Å². The van der Waals surface area contributed by atoms with Crippen LogP contribution in [0.3, 0.4) is 0 Å². The largest absolute Gasteiger partial charge is 0.382 e. The maximum absolute atomic E-state index is 6.15. The molecule has 112 valence electrons. The molecule has 1 nitrogen and oxygen atoms in total. The van der Waals surface area contributed by atoms with E-state index in [0.29, 0.717) is 11.5 Å². The molecule has 1 saturated carbocycles. The van der Waals surface area contributed by atoms with Crippen LogP contribution in [0.5, 0.6) is 0 Å². The Morgan fingerprint density at radius 2 is 1.90 bits per heavy atom. The second-order valence-electron chi connectivity index (χ2n) is 6.66. The van der Waals surface area contributed by atoms with Crippen molar-refractivity contribution in [1.29, 1.82) is 0 Å². The van der Waals surface area contributed by atoms with Gasteiger partial charge >= 0.3 is 0 Å². The maximum Gasteiger partial charge on any atom is 0.0568 e. The first kappa shape index (κ1) is 16.2. The van der Waals surface area contributed by atoms with Crippen LogP contribution in [-0.4, -0.2) is 6.04 Å². The number of hydrogen-bond acceptors (Lipinski definition) is 1. The van der Waals surface area contributed by atoms with Crippen molar-refractivity contribution in [3.8, 4) is 0 Å². The molecule has 0 amide bonds. The first-order valence-electron chi connectivity index (χ1n) is 7.64. The highest BCUT2D eigenvalue weighted by Gasteiger charge is 2.31. The lowest BCUT2D eigenvalue weighted by atomic mass is 9.69. The Morgan fingerprint density at radius 3 is 2.45 bits per heavy atom. The number of rotatable bonds is 4. The van der Waals surface area contributed by atoms with Gasteiger partial charge in [0.05, 0.1) is 5.02 Å². The van der Waals surface area contributed by atoms with Crippen molar-refractivity contribution >= 4 is 33.2 Å². The van der Waals surface area contributed by atoms with Crippen molar-refractivity contribution in [3.63, 3.8) is 0 Å². The topological polar surface area (TPSA) is 12.0 Å². The molecule has 1 fully saturated rings. The van der Waals surface area contributed by atoms with E-state index < -0.39 is 0 Å². The van der Waals surface area contributed by atoms with Gasteiger partial charge < -0.3 is 5.32 Å². The van der Waals surface area contributed by atoms with E-state index in [-0.39, 0.29) is 0 Å². The number of anilines is 1. The van der Waals surface area contributed by atoms with Crippen LogP contribution in [0.4, 0.5) is 5.69 Å². The fourth-order valence-electron chi connectivity index (χ4n) is 3.13. The Kier molecular flexibility index (Phi) is 5.42. The molecule has 1 aromatic rings. The van der Waals surface area contributed by atoms with Gasteiger partial charge in [0, 0.05) is 16.2 Å². The highest BCUT2D eigenvalue weighted by Crippen LogP contribution is 2.41. The summed E-state index contributed by atoms with van der Waals surface area (Å²) in [6.45, 7) is 7.15. The summed E-state index contributed by atoms with van der Waals surface area (Å²) in [6.07, 6.45) is 6.48. The van der Waals surface area contributed by atoms with Gasteiger partial charge in [0.25, 0.3) is 0 Å². The molecular weight excluding hydrogens is 334 g/mol. The molecule has 0 atom stereocenters. The van der Waals surface area contributed by atoms with Crippen LogP contribution in [0.1, 0.15) is 52.9 Å². The van der Waals surface area contributed by atoms with Gasteiger partial charge in [-0.2, -0.15) is 0 Å². The lowest BCUT2D eigenvalue weighted by Crippen LogP contribution is -2.32. The number of hydrogen-bond donors (Lipinski definition) is 1. The number of nitrogens with one attached hydrogen (secondary N) is 1. The molecule has 0 heterocycles. The first-order valence-corrected chi connectivity index (χ1v) is 8.81. The molecule has 0 saturated heterocycles. The van der Waals surface area contributed by atoms with Gasteiger partial charge in [-0.25, -0.2) is 0 Å². The van der Waals surface area contributed by atoms with Crippen molar-refractivity contribution in [2.75, 3.05) is 5.32 Å². The molecule has 1 aliphatic carbocycles. The second-order valence-corrected chi connectivity index (χ2v) is 7.93. The summed E-state index contributed by atoms with van der Waals surface area (Å²) in [5.41, 5.74) is 1.63. The highest BCUT2D eigenvalue weighted by molar-refractivity contribution is 9.10. The Morgan fingerprint density at radius 1 is 1.25 bits per heavy atom.